The maximum atomic E-state index is 13.2. The molecule has 4 rings (SSSR count). The average Bonchev–Trinajstić information content (AvgIpc) is 3.44. The number of likely N-dealkylation sites (N-methyl/N-ethyl adjacent to an activating group) is 1. The van der Waals surface area contributed by atoms with Gasteiger partial charge < -0.3 is 14.1 Å². The van der Waals surface area contributed by atoms with E-state index in [0.29, 0.717) is 17.9 Å². The number of benzene rings is 1. The molecule has 0 unspecified atom stereocenters. The summed E-state index contributed by atoms with van der Waals surface area (Å²) in [6.45, 7) is -0.0911. The van der Waals surface area contributed by atoms with Crippen LogP contribution in [0.25, 0.3) is 5.69 Å². The zero-order valence-electron chi connectivity index (χ0n) is 15.9. The Labute approximate surface area is 166 Å². The average molecular weight is 397 g/mol. The summed E-state index contributed by atoms with van der Waals surface area (Å²) < 4.78 is 25.3. The van der Waals surface area contributed by atoms with Crippen molar-refractivity contribution >= 4 is 11.9 Å². The van der Waals surface area contributed by atoms with Crippen LogP contribution in [0, 0.1) is 5.82 Å². The predicted octanol–water partition coefficient (Wildman–Crippen LogP) is 2.91. The number of esters is 1. The lowest BCUT2D eigenvalue weighted by molar-refractivity contribution is -0.134. The van der Waals surface area contributed by atoms with Crippen molar-refractivity contribution in [2.75, 3.05) is 13.7 Å². The van der Waals surface area contributed by atoms with Crippen LogP contribution in [0.15, 0.2) is 47.1 Å². The second-order valence-electron chi connectivity index (χ2n) is 6.92. The summed E-state index contributed by atoms with van der Waals surface area (Å²) in [4.78, 5) is 26.3. The van der Waals surface area contributed by atoms with Crippen molar-refractivity contribution in [2.45, 2.75) is 25.8 Å². The zero-order chi connectivity index (χ0) is 20.4. The Balaban J connectivity index is 1.45. The number of halogens is 1. The second-order valence-corrected chi connectivity index (χ2v) is 6.92. The fourth-order valence-corrected chi connectivity index (χ4v) is 3.43. The number of carbonyl (C=O) groups excluding carboxylic acids is 2. The minimum absolute atomic E-state index is 0.211. The third kappa shape index (κ3) is 3.91. The SMILES string of the molecule is CN(Cc1ccco1)C(=O)COC(=O)c1nn(-c2ccc(F)cc2)c2c1CCC2. The summed E-state index contributed by atoms with van der Waals surface area (Å²) in [5.74, 6) is -0.675. The van der Waals surface area contributed by atoms with E-state index in [-0.39, 0.29) is 30.6 Å². The lowest BCUT2D eigenvalue weighted by Crippen LogP contribution is -2.30. The number of nitrogens with zero attached hydrogens (tertiary/aromatic N) is 3. The fourth-order valence-electron chi connectivity index (χ4n) is 3.43. The zero-order valence-corrected chi connectivity index (χ0v) is 15.9. The van der Waals surface area contributed by atoms with Crippen LogP contribution in [0.3, 0.4) is 0 Å². The summed E-state index contributed by atoms with van der Waals surface area (Å²) in [6, 6.07) is 9.44. The number of rotatable bonds is 6. The monoisotopic (exact) mass is 397 g/mol. The minimum Gasteiger partial charge on any atom is -0.467 e. The highest BCUT2D eigenvalue weighted by molar-refractivity contribution is 5.91. The van der Waals surface area contributed by atoms with E-state index in [1.54, 1.807) is 36.0 Å². The molecule has 1 aliphatic carbocycles. The van der Waals surface area contributed by atoms with Crippen molar-refractivity contribution in [1.82, 2.24) is 14.7 Å². The molecule has 8 heteroatoms. The first-order valence-corrected chi connectivity index (χ1v) is 9.33. The highest BCUT2D eigenvalue weighted by atomic mass is 19.1. The van der Waals surface area contributed by atoms with E-state index < -0.39 is 5.97 Å². The molecular weight excluding hydrogens is 377 g/mol. The standard InChI is InChI=1S/C21H20FN3O4/c1-24(12-16-4-3-11-28-16)19(26)13-29-21(27)20-17-5-2-6-18(17)25(23-20)15-9-7-14(22)8-10-15/h3-4,7-11H,2,5-6,12-13H2,1H3. The van der Waals surface area contributed by atoms with Crippen LogP contribution in [0.1, 0.15) is 33.9 Å². The Morgan fingerprint density at radius 2 is 2.03 bits per heavy atom. The van der Waals surface area contributed by atoms with Gasteiger partial charge >= 0.3 is 5.97 Å². The van der Waals surface area contributed by atoms with Gasteiger partial charge in [0, 0.05) is 18.3 Å². The summed E-state index contributed by atoms with van der Waals surface area (Å²) in [6.07, 6.45) is 3.93. The summed E-state index contributed by atoms with van der Waals surface area (Å²) in [7, 11) is 1.61. The van der Waals surface area contributed by atoms with E-state index in [0.717, 1.165) is 24.1 Å². The molecule has 0 fully saturated rings. The van der Waals surface area contributed by atoms with Crippen LogP contribution in [-0.2, 0) is 28.9 Å². The van der Waals surface area contributed by atoms with E-state index in [1.807, 2.05) is 0 Å². The first-order valence-electron chi connectivity index (χ1n) is 9.33. The Morgan fingerprint density at radius 1 is 1.24 bits per heavy atom. The summed E-state index contributed by atoms with van der Waals surface area (Å²) in [5, 5.41) is 4.40. The van der Waals surface area contributed by atoms with Crippen molar-refractivity contribution in [3.8, 4) is 5.69 Å². The molecular formula is C21H20FN3O4. The van der Waals surface area contributed by atoms with E-state index in [2.05, 4.69) is 5.10 Å². The molecule has 1 aliphatic rings. The van der Waals surface area contributed by atoms with E-state index >= 15 is 0 Å². The predicted molar refractivity (Wildman–Crippen MR) is 101 cm³/mol. The van der Waals surface area contributed by atoms with Crippen LogP contribution >= 0.6 is 0 Å². The maximum Gasteiger partial charge on any atom is 0.359 e. The van der Waals surface area contributed by atoms with Gasteiger partial charge in [-0.05, 0) is 55.7 Å². The van der Waals surface area contributed by atoms with Crippen LogP contribution in [-0.4, -0.2) is 40.2 Å². The minimum atomic E-state index is -0.635. The highest BCUT2D eigenvalue weighted by Gasteiger charge is 2.28. The smallest absolute Gasteiger partial charge is 0.359 e. The number of ether oxygens (including phenoxy) is 1. The van der Waals surface area contributed by atoms with E-state index in [1.165, 1.54) is 23.3 Å². The molecule has 7 nitrogen and oxygen atoms in total. The molecule has 29 heavy (non-hydrogen) atoms. The molecule has 150 valence electrons. The number of furan rings is 1. The van der Waals surface area contributed by atoms with Gasteiger partial charge in [0.05, 0.1) is 18.5 Å². The van der Waals surface area contributed by atoms with Crippen molar-refractivity contribution in [1.29, 1.82) is 0 Å². The third-order valence-electron chi connectivity index (χ3n) is 4.92. The number of aromatic nitrogens is 2. The summed E-state index contributed by atoms with van der Waals surface area (Å²) >= 11 is 0. The molecule has 1 amide bonds. The van der Waals surface area contributed by atoms with Gasteiger partial charge in [-0.15, -0.1) is 0 Å². The molecule has 0 aliphatic heterocycles. The van der Waals surface area contributed by atoms with Gasteiger partial charge in [0.15, 0.2) is 12.3 Å². The molecule has 0 radical (unpaired) electrons. The first kappa shape index (κ1) is 18.9. The Kier molecular flexibility index (Phi) is 5.16. The molecule has 2 heterocycles. The van der Waals surface area contributed by atoms with E-state index in [9.17, 15) is 14.0 Å². The molecule has 0 bridgehead atoms. The Bertz CT molecular complexity index is 1030. The number of amides is 1. The molecule has 0 N–H and O–H groups in total. The Morgan fingerprint density at radius 3 is 2.76 bits per heavy atom. The maximum absolute atomic E-state index is 13.2. The topological polar surface area (TPSA) is 77.6 Å². The molecule has 0 atom stereocenters. The van der Waals surface area contributed by atoms with Crippen LogP contribution < -0.4 is 0 Å². The van der Waals surface area contributed by atoms with Crippen LogP contribution in [0.5, 0.6) is 0 Å². The van der Waals surface area contributed by atoms with Crippen LogP contribution in [0.4, 0.5) is 4.39 Å². The third-order valence-corrected chi connectivity index (χ3v) is 4.92. The van der Waals surface area contributed by atoms with Crippen molar-refractivity contribution < 1.29 is 23.1 Å². The van der Waals surface area contributed by atoms with Gasteiger partial charge in [0.1, 0.15) is 11.6 Å². The van der Waals surface area contributed by atoms with Gasteiger partial charge in [0.2, 0.25) is 0 Å². The lowest BCUT2D eigenvalue weighted by atomic mass is 10.2. The van der Waals surface area contributed by atoms with Gasteiger partial charge in [-0.2, -0.15) is 5.10 Å². The van der Waals surface area contributed by atoms with Gasteiger partial charge in [-0.1, -0.05) is 0 Å². The highest BCUT2D eigenvalue weighted by Crippen LogP contribution is 2.28. The van der Waals surface area contributed by atoms with E-state index in [4.69, 9.17) is 9.15 Å². The van der Waals surface area contributed by atoms with Gasteiger partial charge in [-0.3, -0.25) is 4.79 Å². The summed E-state index contributed by atoms with van der Waals surface area (Å²) in [5.41, 5.74) is 2.64. The van der Waals surface area contributed by atoms with Crippen molar-refractivity contribution in [3.63, 3.8) is 0 Å². The quantitative estimate of drug-likeness (QED) is 0.598. The number of hydrogen-bond donors (Lipinski definition) is 0. The van der Waals surface area contributed by atoms with Crippen molar-refractivity contribution in [2.24, 2.45) is 0 Å². The van der Waals surface area contributed by atoms with Crippen LogP contribution in [0.2, 0.25) is 0 Å². The van der Waals surface area contributed by atoms with Gasteiger partial charge in [0.25, 0.3) is 5.91 Å². The Hall–Kier alpha value is -3.42. The number of hydrogen-bond acceptors (Lipinski definition) is 5. The second kappa shape index (κ2) is 7.90. The molecule has 0 saturated heterocycles. The molecule has 2 aromatic heterocycles. The molecule has 3 aromatic rings. The molecule has 1 aromatic carbocycles. The van der Waals surface area contributed by atoms with Crippen molar-refractivity contribution in [3.05, 3.63) is 71.2 Å². The first-order chi connectivity index (χ1) is 14.0. The fraction of sp³-hybridized carbons (Fsp3) is 0.286. The molecule has 0 spiro atoms. The normalized spacial score (nSPS) is 12.6. The largest absolute Gasteiger partial charge is 0.467 e. The number of fused-ring (bicyclic) bond motifs is 1. The molecule has 0 saturated carbocycles. The number of carbonyl (C=O) groups is 2. The van der Waals surface area contributed by atoms with Gasteiger partial charge in [-0.25, -0.2) is 13.9 Å². The lowest BCUT2D eigenvalue weighted by Gasteiger charge is -2.15.